The molecule has 2 atom stereocenters. The molecule has 0 aromatic heterocycles. The molecule has 0 heterocycles. The average Bonchev–Trinajstić information content (AvgIpc) is 2.86. The SMILES string of the molecule is CCCCNC(=O)C(c1ccccc1)N(C(=O)C(Cc1ccccc1)NC(=O)OC(C)(C)C)C(C)(C)CC. The van der Waals surface area contributed by atoms with Gasteiger partial charge < -0.3 is 20.3 Å². The van der Waals surface area contributed by atoms with Crippen molar-refractivity contribution in [2.24, 2.45) is 0 Å². The first kappa shape index (κ1) is 30.9. The minimum absolute atomic E-state index is 0.241. The van der Waals surface area contributed by atoms with Gasteiger partial charge in [-0.25, -0.2) is 4.79 Å². The van der Waals surface area contributed by atoms with Gasteiger partial charge in [-0.2, -0.15) is 0 Å². The summed E-state index contributed by atoms with van der Waals surface area (Å²) < 4.78 is 5.51. The van der Waals surface area contributed by atoms with E-state index in [1.54, 1.807) is 25.7 Å². The summed E-state index contributed by atoms with van der Waals surface area (Å²) in [6.07, 6.45) is 1.97. The lowest BCUT2D eigenvalue weighted by Crippen LogP contribution is -2.59. The van der Waals surface area contributed by atoms with E-state index in [0.29, 0.717) is 18.5 Å². The van der Waals surface area contributed by atoms with Crippen molar-refractivity contribution < 1.29 is 19.1 Å². The molecule has 2 N–H and O–H groups in total. The third-order valence-electron chi connectivity index (χ3n) is 6.48. The Bertz CT molecular complexity index is 1030. The Balaban J connectivity index is 2.57. The summed E-state index contributed by atoms with van der Waals surface area (Å²) in [5.41, 5.74) is 0.190. The molecule has 3 amide bonds. The van der Waals surface area contributed by atoms with Gasteiger partial charge in [0, 0.05) is 18.5 Å². The fraction of sp³-hybridized carbons (Fsp3) is 0.516. The van der Waals surface area contributed by atoms with Crippen molar-refractivity contribution in [3.8, 4) is 0 Å². The number of hydrogen-bond donors (Lipinski definition) is 2. The van der Waals surface area contributed by atoms with Gasteiger partial charge in [-0.15, -0.1) is 0 Å². The maximum Gasteiger partial charge on any atom is 0.408 e. The highest BCUT2D eigenvalue weighted by Crippen LogP contribution is 2.32. The molecule has 0 aliphatic rings. The van der Waals surface area contributed by atoms with E-state index in [4.69, 9.17) is 4.74 Å². The molecule has 0 saturated heterocycles. The Hall–Kier alpha value is -3.35. The van der Waals surface area contributed by atoms with Crippen molar-refractivity contribution in [3.05, 3.63) is 71.8 Å². The number of ether oxygens (including phenoxy) is 1. The molecule has 0 bridgehead atoms. The van der Waals surface area contributed by atoms with Gasteiger partial charge in [0.15, 0.2) is 0 Å². The predicted octanol–water partition coefficient (Wildman–Crippen LogP) is 5.80. The minimum atomic E-state index is -0.937. The molecule has 0 fully saturated rings. The molecule has 7 nitrogen and oxygen atoms in total. The molecule has 2 aromatic carbocycles. The number of benzene rings is 2. The summed E-state index contributed by atoms with van der Waals surface area (Å²) in [5.74, 6) is -0.582. The molecule has 2 aromatic rings. The van der Waals surface area contributed by atoms with Crippen LogP contribution in [0.15, 0.2) is 60.7 Å². The summed E-state index contributed by atoms with van der Waals surface area (Å²) in [4.78, 5) is 42.7. The summed E-state index contributed by atoms with van der Waals surface area (Å²) in [5, 5.41) is 5.84. The number of nitrogens with one attached hydrogen (secondary N) is 2. The zero-order chi connectivity index (χ0) is 28.3. The van der Waals surface area contributed by atoms with Crippen molar-refractivity contribution in [2.75, 3.05) is 6.54 Å². The topological polar surface area (TPSA) is 87.7 Å². The van der Waals surface area contributed by atoms with Crippen LogP contribution in [0.4, 0.5) is 4.79 Å². The molecule has 0 saturated carbocycles. The lowest BCUT2D eigenvalue weighted by Gasteiger charge is -2.44. The largest absolute Gasteiger partial charge is 0.444 e. The number of alkyl carbamates (subject to hydrolysis) is 1. The second-order valence-corrected chi connectivity index (χ2v) is 11.2. The van der Waals surface area contributed by atoms with Crippen molar-refractivity contribution in [1.82, 2.24) is 15.5 Å². The number of carbonyl (C=O) groups is 3. The van der Waals surface area contributed by atoms with Crippen LogP contribution in [0.3, 0.4) is 0 Å². The van der Waals surface area contributed by atoms with E-state index in [2.05, 4.69) is 17.6 Å². The molecule has 38 heavy (non-hydrogen) atoms. The van der Waals surface area contributed by atoms with E-state index in [-0.39, 0.29) is 18.2 Å². The number of hydrogen-bond acceptors (Lipinski definition) is 4. The second-order valence-electron chi connectivity index (χ2n) is 11.2. The first-order valence-electron chi connectivity index (χ1n) is 13.6. The standard InChI is InChI=1S/C31H45N3O4/c1-8-10-21-32-27(35)26(24-19-15-12-16-20-24)34(31(6,7)9-2)28(36)25(22-23-17-13-11-14-18-23)33-29(37)38-30(3,4)5/h11-20,25-26H,8-10,21-22H2,1-7H3,(H,32,35)(H,33,37). The molecule has 0 aliphatic carbocycles. The number of nitrogens with zero attached hydrogens (tertiary/aromatic N) is 1. The van der Waals surface area contributed by atoms with E-state index < -0.39 is 29.3 Å². The van der Waals surface area contributed by atoms with Crippen molar-refractivity contribution in [3.63, 3.8) is 0 Å². The van der Waals surface area contributed by atoms with Crippen molar-refractivity contribution in [1.29, 1.82) is 0 Å². The molecular weight excluding hydrogens is 478 g/mol. The van der Waals surface area contributed by atoms with E-state index in [1.165, 1.54) is 0 Å². The Morgan fingerprint density at radius 1 is 0.895 bits per heavy atom. The summed E-state index contributed by atoms with van der Waals surface area (Å²) in [6.45, 7) is 13.8. The quantitative estimate of drug-likeness (QED) is 0.344. The van der Waals surface area contributed by atoms with E-state index >= 15 is 0 Å². The molecule has 0 radical (unpaired) electrons. The highest BCUT2D eigenvalue weighted by molar-refractivity contribution is 5.92. The smallest absolute Gasteiger partial charge is 0.408 e. The molecule has 7 heteroatoms. The second kappa shape index (κ2) is 14.0. The number of carbonyl (C=O) groups excluding carboxylic acids is 3. The fourth-order valence-electron chi connectivity index (χ4n) is 4.15. The Morgan fingerprint density at radius 2 is 1.47 bits per heavy atom. The van der Waals surface area contributed by atoms with Crippen LogP contribution in [0.1, 0.15) is 84.9 Å². The highest BCUT2D eigenvalue weighted by Gasteiger charge is 2.43. The van der Waals surface area contributed by atoms with Crippen LogP contribution in [0.25, 0.3) is 0 Å². The number of amides is 3. The Morgan fingerprint density at radius 3 is 2.00 bits per heavy atom. The number of unbranched alkanes of at least 4 members (excludes halogenated alkanes) is 1. The minimum Gasteiger partial charge on any atom is -0.444 e. The van der Waals surface area contributed by atoms with Crippen LogP contribution in [0.2, 0.25) is 0 Å². The monoisotopic (exact) mass is 523 g/mol. The fourth-order valence-corrected chi connectivity index (χ4v) is 4.15. The molecule has 0 aliphatic heterocycles. The van der Waals surface area contributed by atoms with Gasteiger partial charge in [0.2, 0.25) is 11.8 Å². The zero-order valence-corrected chi connectivity index (χ0v) is 24.0. The first-order valence-corrected chi connectivity index (χ1v) is 13.6. The van der Waals surface area contributed by atoms with Crippen LogP contribution in [0, 0.1) is 0 Å². The van der Waals surface area contributed by atoms with Gasteiger partial charge >= 0.3 is 6.09 Å². The summed E-state index contributed by atoms with van der Waals surface area (Å²) >= 11 is 0. The molecule has 0 spiro atoms. The van der Waals surface area contributed by atoms with Crippen LogP contribution >= 0.6 is 0 Å². The van der Waals surface area contributed by atoms with Crippen LogP contribution in [-0.2, 0) is 20.7 Å². The van der Waals surface area contributed by atoms with E-state index in [9.17, 15) is 14.4 Å². The Kier molecular flexibility index (Phi) is 11.4. The van der Waals surface area contributed by atoms with Crippen molar-refractivity contribution >= 4 is 17.9 Å². The molecular formula is C31H45N3O4. The van der Waals surface area contributed by atoms with E-state index in [1.807, 2.05) is 81.4 Å². The van der Waals surface area contributed by atoms with Gasteiger partial charge in [-0.05, 0) is 58.6 Å². The Labute approximate surface area is 228 Å². The maximum atomic E-state index is 14.5. The van der Waals surface area contributed by atoms with Crippen molar-refractivity contribution in [2.45, 2.75) is 97.4 Å². The van der Waals surface area contributed by atoms with Gasteiger partial charge in [0.1, 0.15) is 17.7 Å². The normalized spacial score (nSPS) is 13.2. The van der Waals surface area contributed by atoms with Crippen LogP contribution < -0.4 is 10.6 Å². The lowest BCUT2D eigenvalue weighted by molar-refractivity contribution is -0.149. The average molecular weight is 524 g/mol. The summed E-state index contributed by atoms with van der Waals surface area (Å²) in [6, 6.07) is 17.1. The number of rotatable bonds is 12. The zero-order valence-electron chi connectivity index (χ0n) is 24.0. The maximum absolute atomic E-state index is 14.5. The third kappa shape index (κ3) is 9.19. The van der Waals surface area contributed by atoms with Gasteiger partial charge in [0.05, 0.1) is 0 Å². The first-order chi connectivity index (χ1) is 17.9. The highest BCUT2D eigenvalue weighted by atomic mass is 16.6. The van der Waals surface area contributed by atoms with Gasteiger partial charge in [-0.1, -0.05) is 80.9 Å². The lowest BCUT2D eigenvalue weighted by atomic mass is 9.91. The van der Waals surface area contributed by atoms with E-state index in [0.717, 1.165) is 18.4 Å². The van der Waals surface area contributed by atoms with Gasteiger partial charge in [-0.3, -0.25) is 9.59 Å². The van der Waals surface area contributed by atoms with Crippen LogP contribution in [-0.4, -0.2) is 46.5 Å². The molecule has 2 rings (SSSR count). The summed E-state index contributed by atoms with van der Waals surface area (Å²) in [7, 11) is 0. The molecule has 2 unspecified atom stereocenters. The third-order valence-corrected chi connectivity index (χ3v) is 6.48. The van der Waals surface area contributed by atoms with Gasteiger partial charge in [0.25, 0.3) is 0 Å². The predicted molar refractivity (Wildman–Crippen MR) is 152 cm³/mol. The van der Waals surface area contributed by atoms with Crippen LogP contribution in [0.5, 0.6) is 0 Å². The molecule has 208 valence electrons.